The van der Waals surface area contributed by atoms with E-state index in [4.69, 9.17) is 21.2 Å². The predicted molar refractivity (Wildman–Crippen MR) is 55.1 cm³/mol. The number of hydrogen-bond donors (Lipinski definition) is 1. The summed E-state index contributed by atoms with van der Waals surface area (Å²) >= 11 is 5.93. The Kier molecular flexibility index (Phi) is 2.36. The van der Waals surface area contributed by atoms with E-state index in [1.807, 2.05) is 13.0 Å². The molecule has 0 unspecified atom stereocenters. The Morgan fingerprint density at radius 3 is 3.00 bits per heavy atom. The summed E-state index contributed by atoms with van der Waals surface area (Å²) in [6.07, 6.45) is -0.160. The highest BCUT2D eigenvalue weighted by Gasteiger charge is 2.14. The monoisotopic (exact) mass is 225 g/mol. The number of aromatic nitrogens is 1. The van der Waals surface area contributed by atoms with Crippen LogP contribution in [0, 0.1) is 6.92 Å². The predicted octanol–water partition coefficient (Wildman–Crippen LogP) is 2.42. The van der Waals surface area contributed by atoms with Crippen LogP contribution in [-0.4, -0.2) is 16.2 Å². The molecule has 4 nitrogen and oxygen atoms in total. The third-order valence-electron chi connectivity index (χ3n) is 2.06. The molecule has 78 valence electrons. The standard InChI is InChI=1S/C10H8ClNO3/c1-5-2-6-8(4-9(13)14)12-15-10(6)7(11)3-5/h2-3H,4H2,1H3,(H,13,14). The fourth-order valence-electron chi connectivity index (χ4n) is 1.46. The number of carboxylic acid groups (broad SMARTS) is 1. The Hall–Kier alpha value is -1.55. The molecule has 0 atom stereocenters. The number of benzene rings is 1. The van der Waals surface area contributed by atoms with E-state index < -0.39 is 5.97 Å². The summed E-state index contributed by atoms with van der Waals surface area (Å²) in [5, 5.41) is 13.5. The molecule has 1 aromatic heterocycles. The summed E-state index contributed by atoms with van der Waals surface area (Å²) in [7, 11) is 0. The number of carbonyl (C=O) groups is 1. The number of aryl methyl sites for hydroxylation is 1. The van der Waals surface area contributed by atoms with Crippen LogP contribution < -0.4 is 0 Å². The topological polar surface area (TPSA) is 63.3 Å². The molecule has 0 aliphatic rings. The van der Waals surface area contributed by atoms with Crippen molar-refractivity contribution < 1.29 is 14.4 Å². The van der Waals surface area contributed by atoms with Crippen molar-refractivity contribution in [3.63, 3.8) is 0 Å². The van der Waals surface area contributed by atoms with E-state index in [1.165, 1.54) is 0 Å². The molecule has 0 aliphatic heterocycles. The Balaban J connectivity index is 2.63. The SMILES string of the molecule is Cc1cc(Cl)c2onc(CC(=O)O)c2c1. The van der Waals surface area contributed by atoms with Gasteiger partial charge < -0.3 is 9.63 Å². The van der Waals surface area contributed by atoms with E-state index >= 15 is 0 Å². The van der Waals surface area contributed by atoms with Gasteiger partial charge in [0.05, 0.1) is 11.4 Å². The zero-order valence-corrected chi connectivity index (χ0v) is 8.71. The smallest absolute Gasteiger partial charge is 0.309 e. The Labute approximate surface area is 90.4 Å². The molecule has 5 heteroatoms. The minimum absolute atomic E-state index is 0.160. The van der Waals surface area contributed by atoms with Crippen LogP contribution >= 0.6 is 11.6 Å². The van der Waals surface area contributed by atoms with Crippen LogP contribution in [0.1, 0.15) is 11.3 Å². The molecule has 0 amide bonds. The second kappa shape index (κ2) is 3.55. The summed E-state index contributed by atoms with van der Waals surface area (Å²) in [6, 6.07) is 3.57. The van der Waals surface area contributed by atoms with Crippen LogP contribution in [0.3, 0.4) is 0 Å². The van der Waals surface area contributed by atoms with Gasteiger partial charge in [0.1, 0.15) is 5.69 Å². The van der Waals surface area contributed by atoms with Crippen molar-refractivity contribution >= 4 is 28.5 Å². The van der Waals surface area contributed by atoms with Gasteiger partial charge >= 0.3 is 5.97 Å². The van der Waals surface area contributed by atoms with E-state index in [2.05, 4.69) is 5.16 Å². The summed E-state index contributed by atoms with van der Waals surface area (Å²) in [6.45, 7) is 1.88. The molecule has 0 saturated carbocycles. The van der Waals surface area contributed by atoms with Crippen molar-refractivity contribution in [3.05, 3.63) is 28.4 Å². The molecule has 2 rings (SSSR count). The molecule has 1 N–H and O–H groups in total. The second-order valence-electron chi connectivity index (χ2n) is 3.32. The number of hydrogen-bond acceptors (Lipinski definition) is 3. The molecule has 0 aliphatic carbocycles. The van der Waals surface area contributed by atoms with E-state index in [0.717, 1.165) is 5.56 Å². The fourth-order valence-corrected chi connectivity index (χ4v) is 1.77. The van der Waals surface area contributed by atoms with Gasteiger partial charge in [-0.25, -0.2) is 0 Å². The van der Waals surface area contributed by atoms with Crippen LogP contribution in [0.25, 0.3) is 11.0 Å². The average molecular weight is 226 g/mol. The van der Waals surface area contributed by atoms with Crippen molar-refractivity contribution in [2.75, 3.05) is 0 Å². The number of rotatable bonds is 2. The Morgan fingerprint density at radius 2 is 2.33 bits per heavy atom. The van der Waals surface area contributed by atoms with Crippen LogP contribution in [0.2, 0.25) is 5.02 Å². The van der Waals surface area contributed by atoms with Gasteiger partial charge in [0.2, 0.25) is 0 Å². The number of nitrogens with zero attached hydrogens (tertiary/aromatic N) is 1. The quantitative estimate of drug-likeness (QED) is 0.853. The van der Waals surface area contributed by atoms with Crippen LogP contribution in [0.5, 0.6) is 0 Å². The lowest BCUT2D eigenvalue weighted by molar-refractivity contribution is -0.136. The molecule has 1 heterocycles. The summed E-state index contributed by atoms with van der Waals surface area (Å²) < 4.78 is 4.99. The number of halogens is 1. The van der Waals surface area contributed by atoms with Crippen molar-refractivity contribution in [1.82, 2.24) is 5.16 Å². The number of carboxylic acids is 1. The van der Waals surface area contributed by atoms with Gasteiger partial charge in [-0.05, 0) is 24.6 Å². The molecule has 0 radical (unpaired) electrons. The van der Waals surface area contributed by atoms with Crippen LogP contribution in [0.4, 0.5) is 0 Å². The molecule has 15 heavy (non-hydrogen) atoms. The van der Waals surface area contributed by atoms with Gasteiger partial charge in [-0.2, -0.15) is 0 Å². The van der Waals surface area contributed by atoms with Gasteiger partial charge in [-0.15, -0.1) is 0 Å². The Morgan fingerprint density at radius 1 is 1.60 bits per heavy atom. The molecule has 2 aromatic rings. The Bertz CT molecular complexity index is 533. The maximum Gasteiger partial charge on any atom is 0.309 e. The zero-order valence-electron chi connectivity index (χ0n) is 7.95. The molecular formula is C10H8ClNO3. The summed E-state index contributed by atoms with van der Waals surface area (Å²) in [5.41, 5.74) is 1.80. The van der Waals surface area contributed by atoms with Crippen molar-refractivity contribution in [2.45, 2.75) is 13.3 Å². The highest BCUT2D eigenvalue weighted by molar-refractivity contribution is 6.35. The van der Waals surface area contributed by atoms with Crippen molar-refractivity contribution in [2.24, 2.45) is 0 Å². The summed E-state index contributed by atoms with van der Waals surface area (Å²) in [4.78, 5) is 10.6. The van der Waals surface area contributed by atoms with Crippen molar-refractivity contribution in [3.8, 4) is 0 Å². The van der Waals surface area contributed by atoms with Gasteiger partial charge in [0, 0.05) is 5.39 Å². The van der Waals surface area contributed by atoms with Gasteiger partial charge in [-0.3, -0.25) is 4.79 Å². The lowest BCUT2D eigenvalue weighted by Gasteiger charge is -1.95. The first-order valence-corrected chi connectivity index (χ1v) is 4.72. The largest absolute Gasteiger partial charge is 0.481 e. The third-order valence-corrected chi connectivity index (χ3v) is 2.35. The number of aliphatic carboxylic acids is 1. The molecule has 1 aromatic carbocycles. The van der Waals surface area contributed by atoms with E-state index in [-0.39, 0.29) is 6.42 Å². The zero-order chi connectivity index (χ0) is 11.0. The van der Waals surface area contributed by atoms with Gasteiger partial charge in [0.25, 0.3) is 0 Å². The maximum absolute atomic E-state index is 10.6. The van der Waals surface area contributed by atoms with Crippen LogP contribution in [0.15, 0.2) is 16.7 Å². The first-order chi connectivity index (χ1) is 7.08. The van der Waals surface area contributed by atoms with Crippen LogP contribution in [-0.2, 0) is 11.2 Å². The highest BCUT2D eigenvalue weighted by atomic mass is 35.5. The van der Waals surface area contributed by atoms with E-state index in [0.29, 0.717) is 21.7 Å². The fraction of sp³-hybridized carbons (Fsp3) is 0.200. The second-order valence-corrected chi connectivity index (χ2v) is 3.73. The first-order valence-electron chi connectivity index (χ1n) is 4.34. The molecule has 0 fully saturated rings. The highest BCUT2D eigenvalue weighted by Crippen LogP contribution is 2.27. The summed E-state index contributed by atoms with van der Waals surface area (Å²) in [5.74, 6) is -0.942. The average Bonchev–Trinajstić information content (AvgIpc) is 2.48. The minimum Gasteiger partial charge on any atom is -0.481 e. The van der Waals surface area contributed by atoms with E-state index in [1.54, 1.807) is 6.07 Å². The van der Waals surface area contributed by atoms with Crippen molar-refractivity contribution in [1.29, 1.82) is 0 Å². The van der Waals surface area contributed by atoms with E-state index in [9.17, 15) is 4.79 Å². The lowest BCUT2D eigenvalue weighted by Crippen LogP contribution is -2.00. The maximum atomic E-state index is 10.6. The molecule has 0 saturated heterocycles. The molecule has 0 bridgehead atoms. The third kappa shape index (κ3) is 1.80. The first kappa shape index (κ1) is 9.98. The molecular weight excluding hydrogens is 218 g/mol. The van der Waals surface area contributed by atoms with Gasteiger partial charge in [0.15, 0.2) is 5.58 Å². The normalized spacial score (nSPS) is 10.8. The minimum atomic E-state index is -0.942. The van der Waals surface area contributed by atoms with Gasteiger partial charge in [-0.1, -0.05) is 16.8 Å². The molecule has 0 spiro atoms. The lowest BCUT2D eigenvalue weighted by atomic mass is 10.1. The number of fused-ring (bicyclic) bond motifs is 1.